The van der Waals surface area contributed by atoms with E-state index < -0.39 is 6.17 Å². The second-order valence-corrected chi connectivity index (χ2v) is 15.3. The van der Waals surface area contributed by atoms with Crippen LogP contribution in [0.2, 0.25) is 0 Å². The van der Waals surface area contributed by atoms with Crippen LogP contribution in [0.25, 0.3) is 0 Å². The summed E-state index contributed by atoms with van der Waals surface area (Å²) >= 11 is 0. The van der Waals surface area contributed by atoms with E-state index in [2.05, 4.69) is 63.6 Å². The van der Waals surface area contributed by atoms with Crippen molar-refractivity contribution in [3.05, 3.63) is 126 Å². The fourth-order valence-electron chi connectivity index (χ4n) is 7.78. The quantitative estimate of drug-likeness (QED) is 0.157. The lowest BCUT2D eigenvalue weighted by molar-refractivity contribution is -0.131. The van der Waals surface area contributed by atoms with Crippen molar-refractivity contribution in [2.45, 2.75) is 64.6 Å². The molecule has 0 aliphatic carbocycles. The molecule has 3 aliphatic heterocycles. The number of alkyl halides is 1. The summed E-state index contributed by atoms with van der Waals surface area (Å²) in [4.78, 5) is 19.7. The molecule has 0 saturated carbocycles. The second kappa shape index (κ2) is 25.8. The molecule has 0 radical (unpaired) electrons. The van der Waals surface area contributed by atoms with Gasteiger partial charge in [-0.3, -0.25) is 4.79 Å². The number of likely N-dealkylation sites (tertiary alicyclic amines) is 1. The van der Waals surface area contributed by atoms with Crippen molar-refractivity contribution in [3.8, 4) is 11.5 Å². The first-order chi connectivity index (χ1) is 28.3. The van der Waals surface area contributed by atoms with Gasteiger partial charge in [-0.25, -0.2) is 8.78 Å². The fourth-order valence-corrected chi connectivity index (χ4v) is 7.78. The van der Waals surface area contributed by atoms with Gasteiger partial charge in [0.05, 0.1) is 19.0 Å². The Kier molecular flexibility index (Phi) is 20.5. The summed E-state index contributed by atoms with van der Waals surface area (Å²) in [5.74, 6) is 2.60. The summed E-state index contributed by atoms with van der Waals surface area (Å²) in [6, 6.07) is 35.5. The number of aliphatic hydroxyl groups excluding tert-OH is 1. The monoisotopic (exact) mass is 801 g/mol. The van der Waals surface area contributed by atoms with E-state index in [9.17, 15) is 13.6 Å². The van der Waals surface area contributed by atoms with Gasteiger partial charge in [-0.15, -0.1) is 0 Å². The predicted molar refractivity (Wildman–Crippen MR) is 232 cm³/mol. The predicted octanol–water partition coefficient (Wildman–Crippen LogP) is 8.61. The van der Waals surface area contributed by atoms with Gasteiger partial charge in [0.2, 0.25) is 5.91 Å². The highest BCUT2D eigenvalue weighted by molar-refractivity contribution is 5.76. The zero-order valence-corrected chi connectivity index (χ0v) is 35.1. The van der Waals surface area contributed by atoms with Gasteiger partial charge in [-0.05, 0) is 113 Å². The summed E-state index contributed by atoms with van der Waals surface area (Å²) in [6.07, 6.45) is 5.64. The summed E-state index contributed by atoms with van der Waals surface area (Å²) in [7, 11) is 2.70. The second-order valence-electron chi connectivity index (χ2n) is 15.3. The molecule has 7 rings (SSSR count). The molecule has 58 heavy (non-hydrogen) atoms. The van der Waals surface area contributed by atoms with Crippen molar-refractivity contribution < 1.29 is 28.2 Å². The smallest absolute Gasteiger partial charge is 0.223 e. The Labute approximate surface area is 346 Å². The standard InChI is InChI=1S/C32H38FN3O3.C12H17N.C3H7F.CH4O/c1-38-30-13-6-5-12-29(30)35-20-22-36(23-21-35)31(37)16-19-34-17-14-26(15-18-34)32(25-8-3-2-4-9-25)39-28-11-7-10-27(33)24-28;1-2-4-11(5-3-1)10-12-6-8-13-9-7-12;1-3(2)4;1-2/h2-13,24,26,32H,14-23H2,1H3;1-5,12-13H,6-10H2;3H,1-2H3;2H,1H3. The molecule has 1 unspecified atom stereocenters. The number of piperazine rings is 1. The minimum Gasteiger partial charge on any atom is -0.495 e. The van der Waals surface area contributed by atoms with Gasteiger partial charge in [0.15, 0.2) is 0 Å². The van der Waals surface area contributed by atoms with Crippen LogP contribution in [-0.2, 0) is 11.2 Å². The maximum Gasteiger partial charge on any atom is 0.223 e. The molecule has 1 atom stereocenters. The van der Waals surface area contributed by atoms with E-state index in [4.69, 9.17) is 14.6 Å². The third-order valence-corrected chi connectivity index (χ3v) is 10.8. The SMILES string of the molecule is CC(C)F.CO.COc1ccccc1N1CCN(C(=O)CCN2CCC(C(Oc3cccc(F)c3)c3ccccc3)CC2)CC1.c1ccc(CC2CCNCC2)cc1. The molecule has 8 nitrogen and oxygen atoms in total. The van der Waals surface area contributed by atoms with E-state index in [0.29, 0.717) is 18.1 Å². The number of aliphatic hydroxyl groups is 1. The molecule has 3 fully saturated rings. The Morgan fingerprint density at radius 3 is 2.02 bits per heavy atom. The van der Waals surface area contributed by atoms with Crippen LogP contribution in [0.4, 0.5) is 14.5 Å². The topological polar surface area (TPSA) is 77.5 Å². The van der Waals surface area contributed by atoms with Gasteiger partial charge in [0.25, 0.3) is 0 Å². The van der Waals surface area contributed by atoms with Crippen LogP contribution in [0.5, 0.6) is 11.5 Å². The number of hydrogen-bond acceptors (Lipinski definition) is 7. The number of nitrogens with zero attached hydrogens (tertiary/aromatic N) is 3. The lowest BCUT2D eigenvalue weighted by atomic mass is 9.87. The molecule has 1 amide bonds. The Morgan fingerprint density at radius 1 is 0.793 bits per heavy atom. The van der Waals surface area contributed by atoms with E-state index in [1.807, 2.05) is 47.4 Å². The molecule has 316 valence electrons. The minimum absolute atomic E-state index is 0.128. The molecule has 3 aliphatic rings. The highest BCUT2D eigenvalue weighted by Gasteiger charge is 2.30. The number of nitrogens with one attached hydrogen (secondary N) is 1. The largest absolute Gasteiger partial charge is 0.495 e. The highest BCUT2D eigenvalue weighted by atomic mass is 19.1. The van der Waals surface area contributed by atoms with Crippen LogP contribution in [0.15, 0.2) is 109 Å². The van der Waals surface area contributed by atoms with Crippen molar-refractivity contribution in [1.82, 2.24) is 15.1 Å². The van der Waals surface area contributed by atoms with Crippen molar-refractivity contribution in [1.29, 1.82) is 0 Å². The Hall–Kier alpha value is -4.51. The van der Waals surface area contributed by atoms with E-state index >= 15 is 0 Å². The van der Waals surface area contributed by atoms with Crippen molar-refractivity contribution in [3.63, 3.8) is 0 Å². The number of anilines is 1. The molecule has 0 spiro atoms. The lowest BCUT2D eigenvalue weighted by Gasteiger charge is -2.38. The zero-order valence-electron chi connectivity index (χ0n) is 35.1. The third-order valence-electron chi connectivity index (χ3n) is 10.8. The number of piperidine rings is 2. The Morgan fingerprint density at radius 2 is 1.40 bits per heavy atom. The summed E-state index contributed by atoms with van der Waals surface area (Å²) < 4.78 is 36.7. The summed E-state index contributed by atoms with van der Waals surface area (Å²) in [5.41, 5.74) is 3.70. The van der Waals surface area contributed by atoms with E-state index in [1.54, 1.807) is 13.2 Å². The Bertz CT molecular complexity index is 1690. The number of rotatable bonds is 11. The molecule has 4 aromatic carbocycles. The molecule has 3 saturated heterocycles. The molecule has 0 bridgehead atoms. The summed E-state index contributed by atoms with van der Waals surface area (Å²) in [6.45, 7) is 11.1. The van der Waals surface area contributed by atoms with E-state index in [0.717, 1.165) is 88.7 Å². The number of ether oxygens (including phenoxy) is 2. The van der Waals surface area contributed by atoms with Crippen LogP contribution in [0.1, 0.15) is 63.2 Å². The average molecular weight is 801 g/mol. The first-order valence-corrected chi connectivity index (χ1v) is 21.0. The van der Waals surface area contributed by atoms with Gasteiger partial charge in [0, 0.05) is 58.2 Å². The number of para-hydroxylation sites is 2. The van der Waals surface area contributed by atoms with Gasteiger partial charge in [-0.1, -0.05) is 78.9 Å². The van der Waals surface area contributed by atoms with Gasteiger partial charge < -0.3 is 34.6 Å². The molecule has 10 heteroatoms. The molecule has 3 heterocycles. The van der Waals surface area contributed by atoms with Gasteiger partial charge in [-0.2, -0.15) is 0 Å². The van der Waals surface area contributed by atoms with Gasteiger partial charge >= 0.3 is 0 Å². The van der Waals surface area contributed by atoms with Crippen molar-refractivity contribution >= 4 is 11.6 Å². The van der Waals surface area contributed by atoms with Crippen LogP contribution in [0.3, 0.4) is 0 Å². The number of carbonyl (C=O) groups excluding carboxylic acids is 1. The maximum atomic E-state index is 13.8. The first kappa shape index (κ1) is 46.2. The number of carbonyl (C=O) groups is 1. The van der Waals surface area contributed by atoms with Gasteiger partial charge in [0.1, 0.15) is 23.4 Å². The molecular weight excluding hydrogens is 735 g/mol. The summed E-state index contributed by atoms with van der Waals surface area (Å²) in [5, 5.41) is 10.4. The first-order valence-electron chi connectivity index (χ1n) is 21.0. The van der Waals surface area contributed by atoms with Crippen LogP contribution in [-0.4, -0.2) is 100 Å². The van der Waals surface area contributed by atoms with Crippen molar-refractivity contribution in [2.24, 2.45) is 11.8 Å². The molecular formula is C48H66F2N4O4. The highest BCUT2D eigenvalue weighted by Crippen LogP contribution is 2.35. The zero-order chi connectivity index (χ0) is 41.5. The van der Waals surface area contributed by atoms with Crippen LogP contribution in [0, 0.1) is 17.7 Å². The molecule has 4 aromatic rings. The van der Waals surface area contributed by atoms with Crippen LogP contribution >= 0.6 is 0 Å². The average Bonchev–Trinajstić information content (AvgIpc) is 3.27. The van der Waals surface area contributed by atoms with E-state index in [-0.39, 0.29) is 17.8 Å². The van der Waals surface area contributed by atoms with Crippen molar-refractivity contribution in [2.75, 3.05) is 78.0 Å². The number of halogens is 2. The lowest BCUT2D eigenvalue weighted by Crippen LogP contribution is -2.49. The minimum atomic E-state index is -0.667. The third kappa shape index (κ3) is 15.7. The number of hydrogen-bond donors (Lipinski definition) is 2. The molecule has 2 N–H and O–H groups in total. The van der Waals surface area contributed by atoms with Crippen LogP contribution < -0.4 is 19.7 Å². The number of methoxy groups -OCH3 is 1. The fraction of sp³-hybridized carbons (Fsp3) is 0.479. The number of amides is 1. The Balaban J connectivity index is 0.000000323. The normalized spacial score (nSPS) is 16.8. The number of benzene rings is 4. The molecule has 0 aromatic heterocycles. The van der Waals surface area contributed by atoms with E-state index in [1.165, 1.54) is 63.9 Å². The maximum absolute atomic E-state index is 13.8.